The maximum Gasteiger partial charge on any atom is 0.238 e. The van der Waals surface area contributed by atoms with Crippen LogP contribution in [0.15, 0.2) is 47.2 Å². The Kier molecular flexibility index (Phi) is 4.95. The number of nitrogens with zero attached hydrogens (tertiary/aromatic N) is 4. The average Bonchev–Trinajstić information content (AvgIpc) is 3.18. The summed E-state index contributed by atoms with van der Waals surface area (Å²) in [6, 6.07) is 9.58. The first-order valence-electron chi connectivity index (χ1n) is 7.99. The monoisotopic (exact) mass is 339 g/mol. The topological polar surface area (TPSA) is 76.2 Å². The maximum absolute atomic E-state index is 12.1. The van der Waals surface area contributed by atoms with Crippen LogP contribution in [0.5, 0.6) is 0 Å². The smallest absolute Gasteiger partial charge is 0.238 e. The zero-order chi connectivity index (χ0) is 17.8. The van der Waals surface area contributed by atoms with Crippen LogP contribution in [0.1, 0.15) is 11.3 Å². The summed E-state index contributed by atoms with van der Waals surface area (Å²) >= 11 is 0. The van der Waals surface area contributed by atoms with Crippen molar-refractivity contribution in [3.63, 3.8) is 0 Å². The number of hydrogen-bond acceptors (Lipinski definition) is 5. The summed E-state index contributed by atoms with van der Waals surface area (Å²) in [4.78, 5) is 14.0. The number of aryl methyl sites for hydroxylation is 2. The molecule has 0 bridgehead atoms. The Hall–Kier alpha value is -2.93. The molecule has 25 heavy (non-hydrogen) atoms. The normalized spacial score (nSPS) is 11.0. The Labute approximate surface area is 146 Å². The number of benzene rings is 1. The highest BCUT2D eigenvalue weighted by molar-refractivity contribution is 5.92. The summed E-state index contributed by atoms with van der Waals surface area (Å²) in [6.45, 7) is 2.77. The largest absolute Gasteiger partial charge is 0.359 e. The van der Waals surface area contributed by atoms with Crippen LogP contribution >= 0.6 is 0 Å². The highest BCUT2D eigenvalue weighted by Crippen LogP contribution is 2.18. The molecule has 2 heterocycles. The van der Waals surface area contributed by atoms with Crippen molar-refractivity contribution in [2.75, 3.05) is 18.9 Å². The molecule has 3 rings (SSSR count). The van der Waals surface area contributed by atoms with E-state index < -0.39 is 0 Å². The molecule has 0 fully saturated rings. The standard InChI is InChI=1S/C18H21N5O2/c1-13-4-6-15(7-5-13)20-18(24)12-22(2)11-16-8-17(21-25-16)14-9-19-23(3)10-14/h4-10H,11-12H2,1-3H3,(H,20,24). The summed E-state index contributed by atoms with van der Waals surface area (Å²) in [5.74, 6) is 0.628. The number of carbonyl (C=O) groups excluding carboxylic acids is 1. The van der Waals surface area contributed by atoms with Gasteiger partial charge in [-0.05, 0) is 26.1 Å². The number of hydrogen-bond donors (Lipinski definition) is 1. The lowest BCUT2D eigenvalue weighted by atomic mass is 10.2. The van der Waals surface area contributed by atoms with Crippen LogP contribution in [-0.2, 0) is 18.4 Å². The van der Waals surface area contributed by atoms with Crippen LogP contribution in [0.3, 0.4) is 0 Å². The minimum Gasteiger partial charge on any atom is -0.359 e. The molecule has 7 heteroatoms. The van der Waals surface area contributed by atoms with E-state index in [0.717, 1.165) is 22.5 Å². The first kappa shape index (κ1) is 16.9. The lowest BCUT2D eigenvalue weighted by molar-refractivity contribution is -0.117. The van der Waals surface area contributed by atoms with Gasteiger partial charge in [0.15, 0.2) is 5.76 Å². The van der Waals surface area contributed by atoms with Crippen molar-refractivity contribution in [3.05, 3.63) is 54.0 Å². The molecule has 0 saturated carbocycles. The number of amides is 1. The first-order valence-corrected chi connectivity index (χ1v) is 7.99. The van der Waals surface area contributed by atoms with E-state index in [1.165, 1.54) is 0 Å². The van der Waals surface area contributed by atoms with E-state index in [4.69, 9.17) is 4.52 Å². The lowest BCUT2D eigenvalue weighted by Crippen LogP contribution is -2.29. The molecule has 2 aromatic heterocycles. The van der Waals surface area contributed by atoms with Crippen molar-refractivity contribution in [1.29, 1.82) is 0 Å². The predicted molar refractivity (Wildman–Crippen MR) is 94.8 cm³/mol. The molecule has 0 aliphatic rings. The quantitative estimate of drug-likeness (QED) is 0.746. The average molecular weight is 339 g/mol. The van der Waals surface area contributed by atoms with Crippen LogP contribution in [0.25, 0.3) is 11.3 Å². The molecule has 3 aromatic rings. The first-order chi connectivity index (χ1) is 12.0. The second-order valence-electron chi connectivity index (χ2n) is 6.17. The lowest BCUT2D eigenvalue weighted by Gasteiger charge is -2.14. The molecule has 7 nitrogen and oxygen atoms in total. The number of nitrogens with one attached hydrogen (secondary N) is 1. The van der Waals surface area contributed by atoms with E-state index in [2.05, 4.69) is 15.6 Å². The highest BCUT2D eigenvalue weighted by Gasteiger charge is 2.12. The molecule has 0 unspecified atom stereocenters. The van der Waals surface area contributed by atoms with Gasteiger partial charge >= 0.3 is 0 Å². The fourth-order valence-electron chi connectivity index (χ4n) is 2.48. The predicted octanol–water partition coefficient (Wildman–Crippen LogP) is 2.45. The Morgan fingerprint density at radius 3 is 2.76 bits per heavy atom. The van der Waals surface area contributed by atoms with Crippen molar-refractivity contribution in [1.82, 2.24) is 19.8 Å². The zero-order valence-corrected chi connectivity index (χ0v) is 14.6. The van der Waals surface area contributed by atoms with Gasteiger partial charge in [-0.25, -0.2) is 0 Å². The van der Waals surface area contributed by atoms with E-state index in [1.54, 1.807) is 10.9 Å². The highest BCUT2D eigenvalue weighted by atomic mass is 16.5. The number of aromatic nitrogens is 3. The van der Waals surface area contributed by atoms with E-state index in [-0.39, 0.29) is 12.5 Å². The SMILES string of the molecule is Cc1ccc(NC(=O)CN(C)Cc2cc(-c3cnn(C)c3)no2)cc1. The van der Waals surface area contributed by atoms with Gasteiger partial charge < -0.3 is 9.84 Å². The van der Waals surface area contributed by atoms with Crippen molar-refractivity contribution in [2.45, 2.75) is 13.5 Å². The minimum absolute atomic E-state index is 0.0710. The molecule has 0 atom stereocenters. The third-order valence-electron chi connectivity index (χ3n) is 3.73. The Morgan fingerprint density at radius 1 is 1.32 bits per heavy atom. The Morgan fingerprint density at radius 2 is 2.08 bits per heavy atom. The molecular weight excluding hydrogens is 318 g/mol. The van der Waals surface area contributed by atoms with Crippen LogP contribution in [0.2, 0.25) is 0 Å². The number of likely N-dealkylation sites (N-methyl/N-ethyl adjacent to an activating group) is 1. The van der Waals surface area contributed by atoms with E-state index in [9.17, 15) is 4.79 Å². The summed E-state index contributed by atoms with van der Waals surface area (Å²) in [7, 11) is 3.71. The van der Waals surface area contributed by atoms with Crippen LogP contribution in [0, 0.1) is 6.92 Å². The minimum atomic E-state index is -0.0710. The van der Waals surface area contributed by atoms with Gasteiger partial charge in [-0.15, -0.1) is 0 Å². The fraction of sp³-hybridized carbons (Fsp3) is 0.278. The molecule has 1 N–H and O–H groups in total. The molecular formula is C18H21N5O2. The second kappa shape index (κ2) is 7.31. The summed E-state index contributed by atoms with van der Waals surface area (Å²) < 4.78 is 7.07. The molecule has 130 valence electrons. The summed E-state index contributed by atoms with van der Waals surface area (Å²) in [6.07, 6.45) is 3.61. The summed E-state index contributed by atoms with van der Waals surface area (Å²) in [5, 5.41) is 11.1. The second-order valence-corrected chi connectivity index (χ2v) is 6.17. The van der Waals surface area contributed by atoms with Crippen molar-refractivity contribution in [3.8, 4) is 11.3 Å². The Balaban J connectivity index is 1.53. The number of rotatable bonds is 6. The van der Waals surface area contributed by atoms with Gasteiger partial charge in [0.2, 0.25) is 5.91 Å². The van der Waals surface area contributed by atoms with Crippen LogP contribution < -0.4 is 5.32 Å². The third kappa shape index (κ3) is 4.54. The molecule has 0 aliphatic carbocycles. The molecule has 0 radical (unpaired) electrons. The van der Waals surface area contributed by atoms with Gasteiger partial charge in [0.1, 0.15) is 5.69 Å². The maximum atomic E-state index is 12.1. The van der Waals surface area contributed by atoms with Crippen molar-refractivity contribution >= 4 is 11.6 Å². The zero-order valence-electron chi connectivity index (χ0n) is 14.6. The van der Waals surface area contributed by atoms with Crippen molar-refractivity contribution in [2.24, 2.45) is 7.05 Å². The van der Waals surface area contributed by atoms with E-state index in [0.29, 0.717) is 12.3 Å². The van der Waals surface area contributed by atoms with Gasteiger partial charge in [0.25, 0.3) is 0 Å². The molecule has 1 aromatic carbocycles. The summed E-state index contributed by atoms with van der Waals surface area (Å²) in [5.41, 5.74) is 3.59. The fourth-order valence-corrected chi connectivity index (χ4v) is 2.48. The third-order valence-corrected chi connectivity index (χ3v) is 3.73. The van der Waals surface area contributed by atoms with Gasteiger partial charge in [0, 0.05) is 30.6 Å². The van der Waals surface area contributed by atoms with Crippen molar-refractivity contribution < 1.29 is 9.32 Å². The molecule has 0 saturated heterocycles. The van der Waals surface area contributed by atoms with Gasteiger partial charge in [0.05, 0.1) is 19.3 Å². The molecule has 0 spiro atoms. The van der Waals surface area contributed by atoms with Gasteiger partial charge in [-0.2, -0.15) is 5.10 Å². The van der Waals surface area contributed by atoms with Gasteiger partial charge in [-0.1, -0.05) is 22.9 Å². The number of anilines is 1. The van der Waals surface area contributed by atoms with Gasteiger partial charge in [-0.3, -0.25) is 14.4 Å². The van der Waals surface area contributed by atoms with Crippen LogP contribution in [0.4, 0.5) is 5.69 Å². The Bertz CT molecular complexity index is 850. The van der Waals surface area contributed by atoms with E-state index >= 15 is 0 Å². The molecule has 1 amide bonds. The molecule has 0 aliphatic heterocycles. The van der Waals surface area contributed by atoms with Crippen LogP contribution in [-0.4, -0.2) is 39.3 Å². The number of carbonyl (C=O) groups is 1. The van der Waals surface area contributed by atoms with E-state index in [1.807, 2.05) is 62.4 Å².